The molecule has 0 amide bonds. The quantitative estimate of drug-likeness (QED) is 0.849. The van der Waals surface area contributed by atoms with E-state index in [1.54, 1.807) is 11.3 Å². The molecule has 16 heavy (non-hydrogen) atoms. The van der Waals surface area contributed by atoms with Gasteiger partial charge in [0.15, 0.2) is 0 Å². The first-order chi connectivity index (χ1) is 7.65. The van der Waals surface area contributed by atoms with Gasteiger partial charge in [-0.15, -0.1) is 11.3 Å². The second-order valence-corrected chi connectivity index (χ2v) is 5.10. The smallest absolute Gasteiger partial charge is 0.1000 e. The van der Waals surface area contributed by atoms with Crippen molar-refractivity contribution < 1.29 is 0 Å². The highest BCUT2D eigenvalue weighted by atomic mass is 32.1. The van der Waals surface area contributed by atoms with Crippen LogP contribution in [0.5, 0.6) is 0 Å². The van der Waals surface area contributed by atoms with Crippen LogP contribution in [-0.2, 0) is 6.42 Å². The van der Waals surface area contributed by atoms with Crippen LogP contribution < -0.4 is 5.73 Å². The Morgan fingerprint density at radius 2 is 2.06 bits per heavy atom. The van der Waals surface area contributed by atoms with Gasteiger partial charge in [0, 0.05) is 17.4 Å². The standard InChI is InChI=1S/C12H12N2S2/c1-8-2-4-9(5-3-8)10-7-16-12(14-10)6-11(13)15/h2-5,7H,6H2,1H3,(H2,13,15). The molecule has 0 atom stereocenters. The van der Waals surface area contributed by atoms with E-state index < -0.39 is 0 Å². The van der Waals surface area contributed by atoms with Gasteiger partial charge >= 0.3 is 0 Å². The first kappa shape index (κ1) is 11.2. The predicted octanol–water partition coefficient (Wildman–Crippen LogP) is 2.95. The predicted molar refractivity (Wildman–Crippen MR) is 72.8 cm³/mol. The highest BCUT2D eigenvalue weighted by Crippen LogP contribution is 2.22. The number of hydrogen-bond donors (Lipinski definition) is 1. The average Bonchev–Trinajstić information content (AvgIpc) is 2.66. The van der Waals surface area contributed by atoms with E-state index in [-0.39, 0.29) is 0 Å². The van der Waals surface area contributed by atoms with Crippen molar-refractivity contribution >= 4 is 28.5 Å². The largest absolute Gasteiger partial charge is 0.393 e. The van der Waals surface area contributed by atoms with Crippen LogP contribution in [0.4, 0.5) is 0 Å². The molecule has 0 spiro atoms. The van der Waals surface area contributed by atoms with Gasteiger partial charge in [-0.2, -0.15) is 0 Å². The molecule has 1 aromatic carbocycles. The molecule has 2 rings (SSSR count). The summed E-state index contributed by atoms with van der Waals surface area (Å²) in [6.07, 6.45) is 0.589. The summed E-state index contributed by atoms with van der Waals surface area (Å²) in [5.74, 6) is 0. The van der Waals surface area contributed by atoms with Gasteiger partial charge in [0.2, 0.25) is 0 Å². The zero-order valence-electron chi connectivity index (χ0n) is 8.93. The summed E-state index contributed by atoms with van der Waals surface area (Å²) in [7, 11) is 0. The Bertz CT molecular complexity index is 500. The lowest BCUT2D eigenvalue weighted by Gasteiger charge is -1.97. The average molecular weight is 248 g/mol. The lowest BCUT2D eigenvalue weighted by atomic mass is 10.1. The third-order valence-electron chi connectivity index (χ3n) is 2.22. The molecular weight excluding hydrogens is 236 g/mol. The Morgan fingerprint density at radius 1 is 1.38 bits per heavy atom. The summed E-state index contributed by atoms with van der Waals surface area (Å²) >= 11 is 6.46. The van der Waals surface area contributed by atoms with E-state index in [1.807, 2.05) is 5.38 Å². The number of thiocarbonyl (C=S) groups is 1. The lowest BCUT2D eigenvalue weighted by Crippen LogP contribution is -2.10. The van der Waals surface area contributed by atoms with Crippen LogP contribution in [0.15, 0.2) is 29.6 Å². The van der Waals surface area contributed by atoms with Crippen LogP contribution in [-0.4, -0.2) is 9.97 Å². The molecule has 1 heterocycles. The van der Waals surface area contributed by atoms with E-state index in [9.17, 15) is 0 Å². The Hall–Kier alpha value is -1.26. The molecule has 0 unspecified atom stereocenters. The summed E-state index contributed by atoms with van der Waals surface area (Å²) in [4.78, 5) is 4.99. The van der Waals surface area contributed by atoms with Crippen molar-refractivity contribution in [2.24, 2.45) is 5.73 Å². The molecular formula is C12H12N2S2. The van der Waals surface area contributed by atoms with Crippen LogP contribution in [0.25, 0.3) is 11.3 Å². The molecule has 0 aliphatic rings. The van der Waals surface area contributed by atoms with Crippen LogP contribution in [0, 0.1) is 6.92 Å². The fourth-order valence-electron chi connectivity index (χ4n) is 1.40. The second-order valence-electron chi connectivity index (χ2n) is 3.64. The number of nitrogens with two attached hydrogens (primary N) is 1. The van der Waals surface area contributed by atoms with E-state index in [4.69, 9.17) is 18.0 Å². The monoisotopic (exact) mass is 248 g/mol. The molecule has 82 valence electrons. The zero-order chi connectivity index (χ0) is 11.5. The van der Waals surface area contributed by atoms with E-state index >= 15 is 0 Å². The number of rotatable bonds is 3. The molecule has 1 aromatic heterocycles. The Morgan fingerprint density at radius 3 is 2.69 bits per heavy atom. The summed E-state index contributed by atoms with van der Waals surface area (Å²) in [6, 6.07) is 8.33. The van der Waals surface area contributed by atoms with Crippen molar-refractivity contribution in [1.29, 1.82) is 0 Å². The van der Waals surface area contributed by atoms with Crippen molar-refractivity contribution in [3.63, 3.8) is 0 Å². The normalized spacial score (nSPS) is 10.3. The maximum Gasteiger partial charge on any atom is 0.1000 e. The Labute approximate surface area is 104 Å². The molecule has 0 aliphatic heterocycles. The van der Waals surface area contributed by atoms with Gasteiger partial charge < -0.3 is 5.73 Å². The van der Waals surface area contributed by atoms with Crippen molar-refractivity contribution in [2.45, 2.75) is 13.3 Å². The minimum Gasteiger partial charge on any atom is -0.393 e. The van der Waals surface area contributed by atoms with E-state index in [1.165, 1.54) is 5.56 Å². The minimum absolute atomic E-state index is 0.491. The summed E-state index contributed by atoms with van der Waals surface area (Å²) in [5, 5.41) is 3.02. The molecule has 2 N–H and O–H groups in total. The van der Waals surface area contributed by atoms with Gasteiger partial charge in [0.25, 0.3) is 0 Å². The highest BCUT2D eigenvalue weighted by Gasteiger charge is 2.04. The molecule has 2 nitrogen and oxygen atoms in total. The fourth-order valence-corrected chi connectivity index (χ4v) is 2.45. The molecule has 0 aliphatic carbocycles. The molecule has 0 saturated carbocycles. The first-order valence-corrected chi connectivity index (χ1v) is 6.23. The number of hydrogen-bond acceptors (Lipinski definition) is 3. The van der Waals surface area contributed by atoms with E-state index in [0.717, 1.165) is 16.3 Å². The van der Waals surface area contributed by atoms with Gasteiger partial charge in [0.1, 0.15) is 0 Å². The third-order valence-corrected chi connectivity index (χ3v) is 3.22. The number of thiazole rings is 1. The van der Waals surface area contributed by atoms with Crippen molar-refractivity contribution in [1.82, 2.24) is 4.98 Å². The molecule has 0 bridgehead atoms. The minimum atomic E-state index is 0.491. The van der Waals surface area contributed by atoms with Gasteiger partial charge in [-0.05, 0) is 6.92 Å². The highest BCUT2D eigenvalue weighted by molar-refractivity contribution is 7.80. The Balaban J connectivity index is 2.24. The molecule has 0 saturated heterocycles. The van der Waals surface area contributed by atoms with Crippen molar-refractivity contribution in [3.05, 3.63) is 40.2 Å². The zero-order valence-corrected chi connectivity index (χ0v) is 10.6. The molecule has 4 heteroatoms. The first-order valence-electron chi connectivity index (χ1n) is 4.95. The second kappa shape index (κ2) is 4.72. The number of benzene rings is 1. The summed E-state index contributed by atoms with van der Waals surface area (Å²) in [6.45, 7) is 2.07. The molecule has 0 fully saturated rings. The van der Waals surface area contributed by atoms with Gasteiger partial charge in [-0.1, -0.05) is 42.0 Å². The topological polar surface area (TPSA) is 38.9 Å². The summed E-state index contributed by atoms with van der Waals surface area (Å²) < 4.78 is 0. The van der Waals surface area contributed by atoms with Crippen LogP contribution in [0.3, 0.4) is 0 Å². The fraction of sp³-hybridized carbons (Fsp3) is 0.167. The van der Waals surface area contributed by atoms with Crippen molar-refractivity contribution in [2.75, 3.05) is 0 Å². The number of aryl methyl sites for hydroxylation is 1. The van der Waals surface area contributed by atoms with E-state index in [2.05, 4.69) is 36.2 Å². The Kier molecular flexibility index (Phi) is 3.31. The van der Waals surface area contributed by atoms with Gasteiger partial charge in [-0.25, -0.2) is 4.98 Å². The number of nitrogens with zero attached hydrogens (tertiary/aromatic N) is 1. The van der Waals surface area contributed by atoms with Crippen molar-refractivity contribution in [3.8, 4) is 11.3 Å². The number of aromatic nitrogens is 1. The summed E-state index contributed by atoms with van der Waals surface area (Å²) in [5.41, 5.74) is 8.87. The van der Waals surface area contributed by atoms with Gasteiger partial charge in [0.05, 0.1) is 15.7 Å². The van der Waals surface area contributed by atoms with Gasteiger partial charge in [-0.3, -0.25) is 0 Å². The maximum absolute atomic E-state index is 5.49. The lowest BCUT2D eigenvalue weighted by molar-refractivity contribution is 1.23. The third kappa shape index (κ3) is 2.65. The van der Waals surface area contributed by atoms with Crippen LogP contribution in [0.1, 0.15) is 10.6 Å². The van der Waals surface area contributed by atoms with E-state index in [0.29, 0.717) is 11.4 Å². The van der Waals surface area contributed by atoms with Crippen LogP contribution >= 0.6 is 23.6 Å². The molecule has 2 aromatic rings. The maximum atomic E-state index is 5.49. The van der Waals surface area contributed by atoms with Crippen LogP contribution in [0.2, 0.25) is 0 Å². The molecule has 0 radical (unpaired) electrons. The SMILES string of the molecule is Cc1ccc(-c2csc(CC(N)=S)n2)cc1.